The van der Waals surface area contributed by atoms with Crippen molar-refractivity contribution in [2.75, 3.05) is 5.73 Å². The lowest BCUT2D eigenvalue weighted by molar-refractivity contribution is -0.137. The second kappa shape index (κ2) is 4.29. The van der Waals surface area contributed by atoms with Crippen LogP contribution in [0.25, 0.3) is 11.3 Å². The number of aromatic nitrogens is 2. The van der Waals surface area contributed by atoms with E-state index in [-0.39, 0.29) is 11.3 Å². The third-order valence-electron chi connectivity index (χ3n) is 2.53. The molecule has 0 unspecified atom stereocenters. The number of nitrogens with two attached hydrogens (primary N) is 1. The topological polar surface area (TPSA) is 51.8 Å². The third kappa shape index (κ3) is 2.27. The Morgan fingerprint density at radius 1 is 1.22 bits per heavy atom. The van der Waals surface area contributed by atoms with Crippen LogP contribution in [0.1, 0.15) is 11.1 Å². The molecule has 18 heavy (non-hydrogen) atoms. The zero-order chi connectivity index (χ0) is 13.3. The van der Waals surface area contributed by atoms with Gasteiger partial charge in [0.05, 0.1) is 11.3 Å². The Hall–Kier alpha value is -2.11. The Bertz CT molecular complexity index is 579. The summed E-state index contributed by atoms with van der Waals surface area (Å²) in [5.41, 5.74) is 6.56. The number of aryl methyl sites for hydroxylation is 1. The lowest BCUT2D eigenvalue weighted by atomic mass is 10.0. The monoisotopic (exact) mass is 253 g/mol. The summed E-state index contributed by atoms with van der Waals surface area (Å²) < 4.78 is 37.9. The number of alkyl halides is 3. The normalized spacial score (nSPS) is 11.6. The van der Waals surface area contributed by atoms with Gasteiger partial charge in [0.1, 0.15) is 6.33 Å². The number of anilines is 1. The Balaban J connectivity index is 2.61. The van der Waals surface area contributed by atoms with Crippen LogP contribution in [0.5, 0.6) is 0 Å². The largest absolute Gasteiger partial charge is 0.416 e. The maximum absolute atomic E-state index is 12.6. The fraction of sp³-hybridized carbons (Fsp3) is 0.167. The van der Waals surface area contributed by atoms with Crippen molar-refractivity contribution < 1.29 is 13.2 Å². The quantitative estimate of drug-likeness (QED) is 0.795. The second-order valence-corrected chi connectivity index (χ2v) is 3.85. The van der Waals surface area contributed by atoms with Gasteiger partial charge >= 0.3 is 6.18 Å². The van der Waals surface area contributed by atoms with Crippen LogP contribution < -0.4 is 5.73 Å². The molecule has 0 aliphatic carbocycles. The highest BCUT2D eigenvalue weighted by molar-refractivity contribution is 5.76. The van der Waals surface area contributed by atoms with Gasteiger partial charge in [0.25, 0.3) is 0 Å². The van der Waals surface area contributed by atoms with Gasteiger partial charge < -0.3 is 5.73 Å². The molecule has 0 radical (unpaired) electrons. The van der Waals surface area contributed by atoms with Crippen LogP contribution in [-0.2, 0) is 6.18 Å². The SMILES string of the molecule is Cc1cncnc1-c1cc(C(F)(F)F)ccc1N. The first-order chi connectivity index (χ1) is 8.39. The smallest absolute Gasteiger partial charge is 0.398 e. The predicted molar refractivity (Wildman–Crippen MR) is 61.6 cm³/mol. The van der Waals surface area contributed by atoms with Crippen LogP contribution >= 0.6 is 0 Å². The standard InChI is InChI=1S/C12H10F3N3/c1-7-5-17-6-18-11(7)9-4-8(12(13,14)15)2-3-10(9)16/h2-6H,16H2,1H3. The minimum Gasteiger partial charge on any atom is -0.398 e. The zero-order valence-electron chi connectivity index (χ0n) is 9.49. The van der Waals surface area contributed by atoms with Crippen LogP contribution in [0.2, 0.25) is 0 Å². The fourth-order valence-corrected chi connectivity index (χ4v) is 1.62. The lowest BCUT2D eigenvalue weighted by Crippen LogP contribution is -2.06. The number of hydrogen-bond acceptors (Lipinski definition) is 3. The number of hydrogen-bond donors (Lipinski definition) is 1. The molecule has 0 bridgehead atoms. The van der Waals surface area contributed by atoms with Gasteiger partial charge in [0, 0.05) is 17.4 Å². The van der Waals surface area contributed by atoms with Crippen LogP contribution in [0.15, 0.2) is 30.7 Å². The van der Waals surface area contributed by atoms with E-state index in [0.29, 0.717) is 11.3 Å². The van der Waals surface area contributed by atoms with Crippen LogP contribution in [0.4, 0.5) is 18.9 Å². The average Bonchev–Trinajstić information content (AvgIpc) is 2.29. The maximum Gasteiger partial charge on any atom is 0.416 e. The number of halogens is 3. The molecule has 3 nitrogen and oxygen atoms in total. The summed E-state index contributed by atoms with van der Waals surface area (Å²) in [5, 5.41) is 0. The summed E-state index contributed by atoms with van der Waals surface area (Å²) in [7, 11) is 0. The van der Waals surface area contributed by atoms with Gasteiger partial charge in [-0.25, -0.2) is 9.97 Å². The zero-order valence-corrected chi connectivity index (χ0v) is 9.49. The van der Waals surface area contributed by atoms with Crippen molar-refractivity contribution >= 4 is 5.69 Å². The highest BCUT2D eigenvalue weighted by Crippen LogP contribution is 2.35. The molecule has 2 aromatic rings. The van der Waals surface area contributed by atoms with E-state index in [1.165, 1.54) is 18.6 Å². The maximum atomic E-state index is 12.6. The van der Waals surface area contributed by atoms with Crippen molar-refractivity contribution in [3.05, 3.63) is 41.9 Å². The van der Waals surface area contributed by atoms with E-state index in [9.17, 15) is 13.2 Å². The van der Waals surface area contributed by atoms with E-state index < -0.39 is 11.7 Å². The van der Waals surface area contributed by atoms with Crippen molar-refractivity contribution in [3.8, 4) is 11.3 Å². The van der Waals surface area contributed by atoms with Crippen molar-refractivity contribution in [2.24, 2.45) is 0 Å². The van der Waals surface area contributed by atoms with E-state index in [2.05, 4.69) is 9.97 Å². The molecule has 94 valence electrons. The van der Waals surface area contributed by atoms with Crippen molar-refractivity contribution in [1.29, 1.82) is 0 Å². The second-order valence-electron chi connectivity index (χ2n) is 3.85. The van der Waals surface area contributed by atoms with Gasteiger partial charge in [0.2, 0.25) is 0 Å². The van der Waals surface area contributed by atoms with Gasteiger partial charge in [-0.05, 0) is 30.7 Å². The fourth-order valence-electron chi connectivity index (χ4n) is 1.62. The minimum absolute atomic E-state index is 0.254. The molecule has 1 aromatic heterocycles. The summed E-state index contributed by atoms with van der Waals surface area (Å²) in [4.78, 5) is 7.77. The lowest BCUT2D eigenvalue weighted by Gasteiger charge is -2.11. The Labute approximate surface area is 101 Å². The van der Waals surface area contributed by atoms with Crippen molar-refractivity contribution in [1.82, 2.24) is 9.97 Å². The molecule has 0 saturated carbocycles. The Kier molecular flexibility index (Phi) is 2.94. The van der Waals surface area contributed by atoms with E-state index in [1.54, 1.807) is 6.92 Å². The first-order valence-electron chi connectivity index (χ1n) is 5.13. The molecule has 0 aliphatic heterocycles. The van der Waals surface area contributed by atoms with E-state index in [4.69, 9.17) is 5.73 Å². The predicted octanol–water partition coefficient (Wildman–Crippen LogP) is 3.05. The first kappa shape index (κ1) is 12.3. The molecular formula is C12H10F3N3. The molecule has 1 aromatic carbocycles. The van der Waals surface area contributed by atoms with Crippen molar-refractivity contribution in [2.45, 2.75) is 13.1 Å². The molecule has 2 rings (SSSR count). The van der Waals surface area contributed by atoms with Gasteiger partial charge in [-0.15, -0.1) is 0 Å². The number of rotatable bonds is 1. The van der Waals surface area contributed by atoms with Gasteiger partial charge in [-0.3, -0.25) is 0 Å². The molecule has 0 spiro atoms. The average molecular weight is 253 g/mol. The van der Waals surface area contributed by atoms with E-state index >= 15 is 0 Å². The summed E-state index contributed by atoms with van der Waals surface area (Å²) in [6.45, 7) is 1.72. The molecule has 0 atom stereocenters. The van der Waals surface area contributed by atoms with Crippen LogP contribution in [-0.4, -0.2) is 9.97 Å². The number of nitrogen functional groups attached to an aromatic ring is 1. The first-order valence-corrected chi connectivity index (χ1v) is 5.13. The minimum atomic E-state index is -4.40. The highest BCUT2D eigenvalue weighted by atomic mass is 19.4. The third-order valence-corrected chi connectivity index (χ3v) is 2.53. The van der Waals surface area contributed by atoms with Gasteiger partial charge in [0.15, 0.2) is 0 Å². The molecular weight excluding hydrogens is 243 g/mol. The van der Waals surface area contributed by atoms with Crippen LogP contribution in [0, 0.1) is 6.92 Å². The van der Waals surface area contributed by atoms with E-state index in [1.807, 2.05) is 0 Å². The molecule has 0 amide bonds. The molecule has 2 N–H and O–H groups in total. The summed E-state index contributed by atoms with van der Waals surface area (Å²) in [6.07, 6.45) is -1.59. The molecule has 0 aliphatic rings. The summed E-state index contributed by atoms with van der Waals surface area (Å²) in [6, 6.07) is 3.19. The highest BCUT2D eigenvalue weighted by Gasteiger charge is 2.31. The summed E-state index contributed by atoms with van der Waals surface area (Å²) in [5.74, 6) is 0. The molecule has 0 fully saturated rings. The molecule has 0 saturated heterocycles. The van der Waals surface area contributed by atoms with E-state index in [0.717, 1.165) is 12.1 Å². The molecule has 6 heteroatoms. The molecule has 1 heterocycles. The Morgan fingerprint density at radius 3 is 2.56 bits per heavy atom. The van der Waals surface area contributed by atoms with Crippen LogP contribution in [0.3, 0.4) is 0 Å². The number of nitrogens with zero attached hydrogens (tertiary/aromatic N) is 2. The number of benzene rings is 1. The van der Waals surface area contributed by atoms with Gasteiger partial charge in [-0.1, -0.05) is 0 Å². The van der Waals surface area contributed by atoms with Gasteiger partial charge in [-0.2, -0.15) is 13.2 Å². The van der Waals surface area contributed by atoms with Crippen molar-refractivity contribution in [3.63, 3.8) is 0 Å². The summed E-state index contributed by atoms with van der Waals surface area (Å²) >= 11 is 0. The Morgan fingerprint density at radius 2 is 1.94 bits per heavy atom.